The van der Waals surface area contributed by atoms with Crippen molar-refractivity contribution in [1.82, 2.24) is 19.9 Å². The van der Waals surface area contributed by atoms with Gasteiger partial charge in [0.1, 0.15) is 16.9 Å². The Morgan fingerprint density at radius 2 is 2.15 bits per heavy atom. The first-order valence-corrected chi connectivity index (χ1v) is 7.38. The number of rotatable bonds is 3. The van der Waals surface area contributed by atoms with Crippen LogP contribution in [-0.4, -0.2) is 25.7 Å². The van der Waals surface area contributed by atoms with Crippen LogP contribution in [0.5, 0.6) is 0 Å². The Kier molecular flexibility index (Phi) is 3.54. The number of fused-ring (bicyclic) bond motifs is 1. The summed E-state index contributed by atoms with van der Waals surface area (Å²) in [6.07, 6.45) is 3.05. The van der Waals surface area contributed by atoms with Crippen molar-refractivity contribution in [2.75, 3.05) is 0 Å². The number of benzene rings is 1. The summed E-state index contributed by atoms with van der Waals surface area (Å²) in [6.45, 7) is 1.55. The maximum atomic E-state index is 11.7. The highest BCUT2D eigenvalue weighted by molar-refractivity contribution is 9.10. The average molecular weight is 349 g/mol. The number of aromatic amines is 1. The highest BCUT2D eigenvalue weighted by atomic mass is 79.9. The molecule has 1 aromatic carbocycles. The van der Waals surface area contributed by atoms with Crippen LogP contribution in [0.4, 0.5) is 0 Å². The summed E-state index contributed by atoms with van der Waals surface area (Å²) in [6, 6.07) is 5.62. The van der Waals surface area contributed by atoms with Gasteiger partial charge in [0, 0.05) is 14.9 Å². The van der Waals surface area contributed by atoms with Gasteiger partial charge in [-0.05, 0) is 25.1 Å². The summed E-state index contributed by atoms with van der Waals surface area (Å²) < 4.78 is 0.876. The fourth-order valence-corrected chi connectivity index (χ4v) is 3.16. The minimum absolute atomic E-state index is 0.0173. The van der Waals surface area contributed by atoms with E-state index in [1.54, 1.807) is 13.3 Å². The predicted octanol–water partition coefficient (Wildman–Crippen LogP) is 3.47. The van der Waals surface area contributed by atoms with E-state index >= 15 is 0 Å². The fraction of sp³-hybridized carbons (Fsp3) is 0.0769. The zero-order valence-electron chi connectivity index (χ0n) is 10.4. The van der Waals surface area contributed by atoms with Crippen molar-refractivity contribution >= 4 is 44.6 Å². The third kappa shape index (κ3) is 2.46. The Morgan fingerprint density at radius 1 is 1.30 bits per heavy atom. The number of halogens is 1. The summed E-state index contributed by atoms with van der Waals surface area (Å²) in [5, 5.41) is 0.748. The van der Waals surface area contributed by atoms with Gasteiger partial charge in [-0.15, -0.1) is 0 Å². The van der Waals surface area contributed by atoms with Crippen LogP contribution in [0.25, 0.3) is 11.2 Å². The molecule has 2 aromatic heterocycles. The average Bonchev–Trinajstić information content (AvgIpc) is 2.90. The van der Waals surface area contributed by atoms with Crippen LogP contribution in [0.2, 0.25) is 0 Å². The topological polar surface area (TPSA) is 71.5 Å². The van der Waals surface area contributed by atoms with Crippen molar-refractivity contribution in [2.24, 2.45) is 0 Å². The van der Waals surface area contributed by atoms with E-state index in [9.17, 15) is 4.79 Å². The standard InChI is InChI=1S/C13H9BrN4OS/c1-7(19)9-4-8(14)2-3-10(9)20-13-11-12(16-5-15-11)17-6-18-13/h2-6H,1H3,(H,15,16,17,18). The monoisotopic (exact) mass is 348 g/mol. The molecule has 0 aliphatic rings. The van der Waals surface area contributed by atoms with E-state index in [0.29, 0.717) is 11.2 Å². The maximum absolute atomic E-state index is 11.7. The zero-order valence-corrected chi connectivity index (χ0v) is 12.8. The molecule has 0 aliphatic heterocycles. The SMILES string of the molecule is CC(=O)c1cc(Br)ccc1Sc1ncnc2nc[nH]c12. The number of H-pyrrole nitrogens is 1. The minimum atomic E-state index is 0.0173. The smallest absolute Gasteiger partial charge is 0.181 e. The first-order chi connectivity index (χ1) is 9.65. The second-order valence-corrected chi connectivity index (χ2v) is 6.03. The van der Waals surface area contributed by atoms with Gasteiger partial charge < -0.3 is 4.98 Å². The third-order valence-electron chi connectivity index (χ3n) is 2.72. The van der Waals surface area contributed by atoms with Crippen molar-refractivity contribution < 1.29 is 4.79 Å². The molecule has 0 aliphatic carbocycles. The fourth-order valence-electron chi connectivity index (χ4n) is 1.79. The first kappa shape index (κ1) is 13.3. The molecule has 0 unspecified atom stereocenters. The van der Waals surface area contributed by atoms with Gasteiger partial charge in [-0.2, -0.15) is 0 Å². The van der Waals surface area contributed by atoms with Crippen LogP contribution in [0.3, 0.4) is 0 Å². The highest BCUT2D eigenvalue weighted by Gasteiger charge is 2.13. The number of Topliss-reactive ketones (excluding diaryl/α,β-unsaturated/α-hetero) is 1. The van der Waals surface area contributed by atoms with Gasteiger partial charge >= 0.3 is 0 Å². The number of ketones is 1. The Balaban J connectivity index is 2.07. The molecule has 0 spiro atoms. The van der Waals surface area contributed by atoms with Crippen LogP contribution in [0.1, 0.15) is 17.3 Å². The molecule has 100 valence electrons. The molecule has 3 aromatic rings. The summed E-state index contributed by atoms with van der Waals surface area (Å²) in [5.74, 6) is 0.0173. The van der Waals surface area contributed by atoms with Crippen molar-refractivity contribution in [3.05, 3.63) is 40.9 Å². The van der Waals surface area contributed by atoms with Crippen molar-refractivity contribution in [3.8, 4) is 0 Å². The minimum Gasteiger partial charge on any atom is -0.341 e. The normalized spacial score (nSPS) is 10.9. The lowest BCUT2D eigenvalue weighted by molar-refractivity contribution is 0.101. The quantitative estimate of drug-likeness (QED) is 0.579. The van der Waals surface area contributed by atoms with Gasteiger partial charge in [0.05, 0.1) is 6.33 Å². The van der Waals surface area contributed by atoms with Crippen molar-refractivity contribution in [3.63, 3.8) is 0 Å². The lowest BCUT2D eigenvalue weighted by atomic mass is 10.1. The molecule has 0 radical (unpaired) electrons. The van der Waals surface area contributed by atoms with Crippen LogP contribution >= 0.6 is 27.7 Å². The van der Waals surface area contributed by atoms with E-state index in [4.69, 9.17) is 0 Å². The van der Waals surface area contributed by atoms with Crippen LogP contribution < -0.4 is 0 Å². The summed E-state index contributed by atoms with van der Waals surface area (Å²) in [4.78, 5) is 28.0. The van der Waals surface area contributed by atoms with Crippen LogP contribution in [0, 0.1) is 0 Å². The summed E-state index contributed by atoms with van der Waals surface area (Å²) >= 11 is 4.80. The second-order valence-electron chi connectivity index (χ2n) is 4.08. The molecule has 0 saturated heterocycles. The lowest BCUT2D eigenvalue weighted by Crippen LogP contribution is -1.96. The van der Waals surface area contributed by atoms with Gasteiger partial charge in [-0.3, -0.25) is 4.79 Å². The molecule has 2 heterocycles. The van der Waals surface area contributed by atoms with Gasteiger partial charge in [0.15, 0.2) is 11.4 Å². The number of imidazole rings is 1. The maximum Gasteiger partial charge on any atom is 0.181 e. The second kappa shape index (κ2) is 5.34. The molecule has 0 atom stereocenters. The van der Waals surface area contributed by atoms with Crippen LogP contribution in [0.15, 0.2) is 45.2 Å². The van der Waals surface area contributed by atoms with Crippen molar-refractivity contribution in [2.45, 2.75) is 16.8 Å². The molecule has 20 heavy (non-hydrogen) atoms. The van der Waals surface area contributed by atoms with E-state index in [1.807, 2.05) is 18.2 Å². The Labute approximate surface area is 127 Å². The van der Waals surface area contributed by atoms with E-state index in [1.165, 1.54) is 18.1 Å². The molecule has 5 nitrogen and oxygen atoms in total. The summed E-state index contributed by atoms with van der Waals surface area (Å²) in [5.41, 5.74) is 2.05. The lowest BCUT2D eigenvalue weighted by Gasteiger charge is -2.07. The summed E-state index contributed by atoms with van der Waals surface area (Å²) in [7, 11) is 0. The van der Waals surface area contributed by atoms with E-state index < -0.39 is 0 Å². The number of nitrogens with zero attached hydrogens (tertiary/aromatic N) is 3. The van der Waals surface area contributed by atoms with E-state index in [0.717, 1.165) is 19.9 Å². The molecule has 0 amide bonds. The Hall–Kier alpha value is -1.73. The first-order valence-electron chi connectivity index (χ1n) is 5.77. The number of aromatic nitrogens is 4. The predicted molar refractivity (Wildman–Crippen MR) is 80.0 cm³/mol. The zero-order chi connectivity index (χ0) is 14.1. The molecular weight excluding hydrogens is 340 g/mol. The van der Waals surface area contributed by atoms with Gasteiger partial charge in [-0.25, -0.2) is 15.0 Å². The molecule has 0 bridgehead atoms. The molecule has 3 rings (SSSR count). The van der Waals surface area contributed by atoms with E-state index in [-0.39, 0.29) is 5.78 Å². The molecule has 7 heteroatoms. The number of carbonyl (C=O) groups is 1. The Morgan fingerprint density at radius 3 is 2.95 bits per heavy atom. The number of nitrogens with one attached hydrogen (secondary N) is 1. The van der Waals surface area contributed by atoms with Gasteiger partial charge in [-0.1, -0.05) is 27.7 Å². The van der Waals surface area contributed by atoms with Gasteiger partial charge in [0.25, 0.3) is 0 Å². The van der Waals surface area contributed by atoms with Crippen molar-refractivity contribution in [1.29, 1.82) is 0 Å². The number of carbonyl (C=O) groups excluding carboxylic acids is 1. The van der Waals surface area contributed by atoms with Crippen LogP contribution in [-0.2, 0) is 0 Å². The third-order valence-corrected chi connectivity index (χ3v) is 4.29. The van der Waals surface area contributed by atoms with Gasteiger partial charge in [0.2, 0.25) is 0 Å². The van der Waals surface area contributed by atoms with E-state index in [2.05, 4.69) is 35.9 Å². The largest absolute Gasteiger partial charge is 0.341 e. The molecule has 0 fully saturated rings. The number of hydrogen-bond donors (Lipinski definition) is 1. The Bertz CT molecular complexity index is 802. The number of hydrogen-bond acceptors (Lipinski definition) is 5. The molecule has 0 saturated carbocycles. The molecular formula is C13H9BrN4OS. The molecule has 1 N–H and O–H groups in total. The highest BCUT2D eigenvalue weighted by Crippen LogP contribution is 2.33.